The molecular formula is C19H14F2N4O5. The molecule has 30 heavy (non-hydrogen) atoms. The molecule has 1 aromatic heterocycles. The van der Waals surface area contributed by atoms with Crippen molar-refractivity contribution in [2.45, 2.75) is 25.4 Å². The Hall–Kier alpha value is -4.07. The van der Waals surface area contributed by atoms with Crippen molar-refractivity contribution in [3.05, 3.63) is 74.3 Å². The van der Waals surface area contributed by atoms with Gasteiger partial charge < -0.3 is 9.73 Å². The maximum Gasteiger partial charge on any atom is 0.419 e. The number of hydrogen-bond acceptors (Lipinski definition) is 6. The smallest absolute Gasteiger partial charge is 0.407 e. The monoisotopic (exact) mass is 416 g/mol. The number of nitriles is 1. The van der Waals surface area contributed by atoms with Gasteiger partial charge >= 0.3 is 5.76 Å². The van der Waals surface area contributed by atoms with Gasteiger partial charge in [-0.2, -0.15) is 5.26 Å². The lowest BCUT2D eigenvalue weighted by molar-refractivity contribution is -0.384. The summed E-state index contributed by atoms with van der Waals surface area (Å²) >= 11 is 0. The first-order valence-electron chi connectivity index (χ1n) is 8.72. The maximum absolute atomic E-state index is 13.8. The summed E-state index contributed by atoms with van der Waals surface area (Å²) in [4.78, 5) is 34.3. The summed E-state index contributed by atoms with van der Waals surface area (Å²) < 4.78 is 33.0. The highest BCUT2D eigenvalue weighted by molar-refractivity contribution is 5.77. The second-order valence-electron chi connectivity index (χ2n) is 6.33. The van der Waals surface area contributed by atoms with Gasteiger partial charge in [0.1, 0.15) is 17.7 Å². The molecule has 11 heteroatoms. The van der Waals surface area contributed by atoms with Gasteiger partial charge in [-0.1, -0.05) is 6.07 Å². The van der Waals surface area contributed by atoms with Crippen molar-refractivity contribution in [3.8, 4) is 6.07 Å². The van der Waals surface area contributed by atoms with Crippen LogP contribution in [0, 0.1) is 33.1 Å². The zero-order chi connectivity index (χ0) is 21.8. The Kier molecular flexibility index (Phi) is 5.87. The number of rotatable bonds is 7. The summed E-state index contributed by atoms with van der Waals surface area (Å²) in [6.45, 7) is 0.0825. The number of carbonyl (C=O) groups excluding carboxylic acids is 1. The summed E-state index contributed by atoms with van der Waals surface area (Å²) in [7, 11) is 0. The van der Waals surface area contributed by atoms with Gasteiger partial charge in [-0.05, 0) is 18.6 Å². The fourth-order valence-corrected chi connectivity index (χ4v) is 2.93. The predicted octanol–water partition coefficient (Wildman–Crippen LogP) is 2.94. The minimum Gasteiger partial charge on any atom is -0.407 e. The van der Waals surface area contributed by atoms with E-state index >= 15 is 0 Å². The van der Waals surface area contributed by atoms with Crippen LogP contribution < -0.4 is 11.1 Å². The molecule has 0 aliphatic rings. The van der Waals surface area contributed by atoms with E-state index in [0.29, 0.717) is 11.6 Å². The molecule has 154 valence electrons. The molecule has 0 radical (unpaired) electrons. The number of oxazole rings is 1. The number of aromatic nitrogens is 1. The quantitative estimate of drug-likeness (QED) is 0.465. The Morgan fingerprint density at radius 3 is 2.73 bits per heavy atom. The summed E-state index contributed by atoms with van der Waals surface area (Å²) in [5.74, 6) is -3.05. The topological polar surface area (TPSA) is 131 Å². The van der Waals surface area contributed by atoms with Crippen LogP contribution in [0.25, 0.3) is 11.1 Å². The van der Waals surface area contributed by atoms with Crippen molar-refractivity contribution in [2.75, 3.05) is 0 Å². The lowest BCUT2D eigenvalue weighted by Crippen LogP contribution is -2.28. The van der Waals surface area contributed by atoms with E-state index in [0.717, 1.165) is 18.2 Å². The number of benzene rings is 2. The minimum absolute atomic E-state index is 0.0509. The lowest BCUT2D eigenvalue weighted by Gasteiger charge is -2.13. The first-order valence-corrected chi connectivity index (χ1v) is 8.72. The number of nitro groups is 1. The molecule has 0 saturated carbocycles. The van der Waals surface area contributed by atoms with Gasteiger partial charge in [0.05, 0.1) is 22.6 Å². The molecule has 1 unspecified atom stereocenters. The molecule has 0 aliphatic heterocycles. The summed E-state index contributed by atoms with van der Waals surface area (Å²) in [5, 5.41) is 22.3. The third kappa shape index (κ3) is 4.33. The first-order chi connectivity index (χ1) is 14.3. The molecule has 3 aromatic rings. The number of hydrogen-bond donors (Lipinski definition) is 1. The van der Waals surface area contributed by atoms with E-state index in [4.69, 9.17) is 4.42 Å². The molecule has 3 rings (SSSR count). The van der Waals surface area contributed by atoms with Crippen molar-refractivity contribution < 1.29 is 22.9 Å². The van der Waals surface area contributed by atoms with Crippen LogP contribution >= 0.6 is 0 Å². The maximum atomic E-state index is 13.8. The zero-order valence-corrected chi connectivity index (χ0v) is 15.3. The van der Waals surface area contributed by atoms with Gasteiger partial charge in [-0.3, -0.25) is 19.5 Å². The Bertz CT molecular complexity index is 1230. The molecule has 1 atom stereocenters. The van der Waals surface area contributed by atoms with E-state index in [1.807, 2.05) is 0 Å². The standard InChI is InChI=1S/C19H14F2N4O5/c20-11-3-5-13(14(21)8-11)15(10-22)23-18(26)2-1-7-24-16-6-4-12(25(28)29)9-17(16)30-19(24)27/h3-6,8-9,15H,1-2,7H2,(H,23,26). The average Bonchev–Trinajstić information content (AvgIpc) is 3.01. The molecule has 1 amide bonds. The molecular weight excluding hydrogens is 402 g/mol. The summed E-state index contributed by atoms with van der Waals surface area (Å²) in [6.07, 6.45) is 0.0918. The number of nitrogens with zero attached hydrogens (tertiary/aromatic N) is 3. The van der Waals surface area contributed by atoms with E-state index in [1.54, 1.807) is 6.07 Å². The molecule has 0 bridgehead atoms. The number of carbonyl (C=O) groups is 1. The third-order valence-corrected chi connectivity index (χ3v) is 4.36. The average molecular weight is 416 g/mol. The van der Waals surface area contributed by atoms with Crippen LogP contribution in [-0.4, -0.2) is 15.4 Å². The van der Waals surface area contributed by atoms with Crippen LogP contribution in [0.3, 0.4) is 0 Å². The summed E-state index contributed by atoms with van der Waals surface area (Å²) in [5.41, 5.74) is 0.00788. The van der Waals surface area contributed by atoms with Gasteiger partial charge in [-0.25, -0.2) is 13.6 Å². The zero-order valence-electron chi connectivity index (χ0n) is 15.3. The molecule has 0 fully saturated rings. The van der Waals surface area contributed by atoms with Crippen molar-refractivity contribution in [3.63, 3.8) is 0 Å². The number of fused-ring (bicyclic) bond motifs is 1. The van der Waals surface area contributed by atoms with Gasteiger partial charge in [0, 0.05) is 30.7 Å². The van der Waals surface area contributed by atoms with E-state index < -0.39 is 34.3 Å². The van der Waals surface area contributed by atoms with E-state index in [9.17, 15) is 33.7 Å². The molecule has 0 spiro atoms. The van der Waals surface area contributed by atoms with Crippen LogP contribution in [0.5, 0.6) is 0 Å². The highest BCUT2D eigenvalue weighted by Gasteiger charge is 2.19. The second-order valence-corrected chi connectivity index (χ2v) is 6.33. The Morgan fingerprint density at radius 2 is 2.07 bits per heavy atom. The fraction of sp³-hybridized carbons (Fsp3) is 0.211. The van der Waals surface area contributed by atoms with E-state index in [-0.39, 0.29) is 36.2 Å². The predicted molar refractivity (Wildman–Crippen MR) is 99.2 cm³/mol. The number of non-ortho nitro benzene ring substituents is 1. The van der Waals surface area contributed by atoms with Crippen LogP contribution in [0.1, 0.15) is 24.4 Å². The van der Waals surface area contributed by atoms with Gasteiger partial charge in [0.2, 0.25) is 5.91 Å². The SMILES string of the molecule is N#CC(NC(=O)CCCn1c(=O)oc2cc([N+](=O)[O-])ccc21)c1ccc(F)cc1F. The van der Waals surface area contributed by atoms with E-state index in [1.165, 1.54) is 16.7 Å². The minimum atomic E-state index is -1.30. The van der Waals surface area contributed by atoms with Crippen molar-refractivity contribution in [1.82, 2.24) is 9.88 Å². The van der Waals surface area contributed by atoms with E-state index in [2.05, 4.69) is 5.32 Å². The fourth-order valence-electron chi connectivity index (χ4n) is 2.93. The Labute approximate surface area is 167 Å². The van der Waals surface area contributed by atoms with Crippen LogP contribution in [-0.2, 0) is 11.3 Å². The molecule has 1 heterocycles. The van der Waals surface area contributed by atoms with Crippen molar-refractivity contribution in [1.29, 1.82) is 5.26 Å². The molecule has 0 aliphatic carbocycles. The lowest BCUT2D eigenvalue weighted by atomic mass is 10.1. The molecule has 0 saturated heterocycles. The van der Waals surface area contributed by atoms with Crippen LogP contribution in [0.2, 0.25) is 0 Å². The third-order valence-electron chi connectivity index (χ3n) is 4.36. The highest BCUT2D eigenvalue weighted by Crippen LogP contribution is 2.21. The second kappa shape index (κ2) is 8.52. The molecule has 1 N–H and O–H groups in total. The van der Waals surface area contributed by atoms with Gasteiger partial charge in [0.15, 0.2) is 5.58 Å². The number of halogens is 2. The van der Waals surface area contributed by atoms with Crippen molar-refractivity contribution >= 4 is 22.7 Å². The van der Waals surface area contributed by atoms with Crippen molar-refractivity contribution in [2.24, 2.45) is 0 Å². The first kappa shape index (κ1) is 20.7. The normalized spacial score (nSPS) is 11.8. The van der Waals surface area contributed by atoms with Gasteiger partial charge in [0.25, 0.3) is 5.69 Å². The van der Waals surface area contributed by atoms with Crippen LogP contribution in [0.15, 0.2) is 45.6 Å². The van der Waals surface area contributed by atoms with Gasteiger partial charge in [-0.15, -0.1) is 0 Å². The Morgan fingerprint density at radius 1 is 1.30 bits per heavy atom. The largest absolute Gasteiger partial charge is 0.419 e. The number of nitrogens with one attached hydrogen (secondary N) is 1. The Balaban J connectivity index is 1.64. The molecule has 9 nitrogen and oxygen atoms in total. The molecule has 2 aromatic carbocycles. The van der Waals surface area contributed by atoms with Crippen LogP contribution in [0.4, 0.5) is 14.5 Å². The number of aryl methyl sites for hydroxylation is 1. The summed E-state index contributed by atoms with van der Waals surface area (Å²) in [6, 6.07) is 6.87. The highest BCUT2D eigenvalue weighted by atomic mass is 19.1. The number of nitro benzene ring substituents is 1. The number of amides is 1.